The molecule has 0 aliphatic carbocycles. The lowest BCUT2D eigenvalue weighted by Gasteiger charge is -2.18. The standard InChI is InChI=1S/C20H14F2N2O2S/c1-12-4-6-13(7-5-12)19(25)24(11-15-3-2-8-26-15)20-23-18-16(22)9-14(21)10-17(18)27-20/h2-10H,11H2,1H3. The first kappa shape index (κ1) is 17.4. The van der Waals surface area contributed by atoms with E-state index in [0.29, 0.717) is 16.0 Å². The number of anilines is 1. The van der Waals surface area contributed by atoms with Gasteiger partial charge in [0.2, 0.25) is 0 Å². The van der Waals surface area contributed by atoms with Crippen LogP contribution in [0.2, 0.25) is 0 Å². The molecule has 2 heterocycles. The molecule has 4 rings (SSSR count). The minimum absolute atomic E-state index is 0.0394. The highest BCUT2D eigenvalue weighted by atomic mass is 32.1. The highest BCUT2D eigenvalue weighted by Gasteiger charge is 2.23. The summed E-state index contributed by atoms with van der Waals surface area (Å²) in [6, 6.07) is 12.6. The summed E-state index contributed by atoms with van der Waals surface area (Å²) in [7, 11) is 0. The number of rotatable bonds is 4. The number of carbonyl (C=O) groups is 1. The molecule has 2 aromatic heterocycles. The van der Waals surface area contributed by atoms with E-state index >= 15 is 0 Å². The zero-order valence-electron chi connectivity index (χ0n) is 14.3. The Morgan fingerprint density at radius 3 is 2.67 bits per heavy atom. The number of hydrogen-bond donors (Lipinski definition) is 0. The van der Waals surface area contributed by atoms with E-state index in [1.807, 2.05) is 19.1 Å². The molecule has 0 fully saturated rings. The second-order valence-corrected chi connectivity index (χ2v) is 7.08. The van der Waals surface area contributed by atoms with Gasteiger partial charge in [0.1, 0.15) is 17.1 Å². The Morgan fingerprint density at radius 2 is 1.96 bits per heavy atom. The summed E-state index contributed by atoms with van der Waals surface area (Å²) in [5.74, 6) is -1.18. The molecule has 0 N–H and O–H groups in total. The quantitative estimate of drug-likeness (QED) is 0.478. The Labute approximate surface area is 157 Å². The summed E-state index contributed by atoms with van der Waals surface area (Å²) >= 11 is 1.05. The Morgan fingerprint density at radius 1 is 1.19 bits per heavy atom. The lowest BCUT2D eigenvalue weighted by molar-refractivity contribution is 0.0983. The van der Waals surface area contributed by atoms with Crippen molar-refractivity contribution in [2.24, 2.45) is 0 Å². The van der Waals surface area contributed by atoms with Crippen molar-refractivity contribution in [1.82, 2.24) is 4.98 Å². The van der Waals surface area contributed by atoms with Crippen molar-refractivity contribution in [2.45, 2.75) is 13.5 Å². The van der Waals surface area contributed by atoms with Crippen LogP contribution >= 0.6 is 11.3 Å². The second kappa shape index (κ2) is 6.92. The van der Waals surface area contributed by atoms with Crippen LogP contribution in [0.4, 0.5) is 13.9 Å². The van der Waals surface area contributed by atoms with Crippen LogP contribution in [0.5, 0.6) is 0 Å². The van der Waals surface area contributed by atoms with Crippen molar-refractivity contribution < 1.29 is 18.0 Å². The molecule has 0 aliphatic heterocycles. The molecule has 27 heavy (non-hydrogen) atoms. The van der Waals surface area contributed by atoms with Crippen LogP contribution in [-0.2, 0) is 6.54 Å². The highest BCUT2D eigenvalue weighted by molar-refractivity contribution is 7.22. The molecular weight excluding hydrogens is 370 g/mol. The summed E-state index contributed by atoms with van der Waals surface area (Å²) in [4.78, 5) is 18.7. The Hall–Kier alpha value is -3.06. The fourth-order valence-electron chi connectivity index (χ4n) is 2.70. The average molecular weight is 384 g/mol. The van der Waals surface area contributed by atoms with Gasteiger partial charge in [-0.25, -0.2) is 13.8 Å². The van der Waals surface area contributed by atoms with Crippen molar-refractivity contribution >= 4 is 32.6 Å². The summed E-state index contributed by atoms with van der Waals surface area (Å²) in [6.07, 6.45) is 1.51. The van der Waals surface area contributed by atoms with Crippen molar-refractivity contribution in [3.63, 3.8) is 0 Å². The Bertz CT molecular complexity index is 1110. The zero-order valence-corrected chi connectivity index (χ0v) is 15.1. The molecule has 136 valence electrons. The molecule has 4 aromatic rings. The van der Waals surface area contributed by atoms with E-state index in [9.17, 15) is 13.6 Å². The van der Waals surface area contributed by atoms with Gasteiger partial charge in [-0.05, 0) is 37.3 Å². The largest absolute Gasteiger partial charge is 0.467 e. The molecule has 0 saturated heterocycles. The molecule has 1 amide bonds. The number of thiazole rings is 1. The van der Waals surface area contributed by atoms with E-state index in [-0.39, 0.29) is 23.1 Å². The number of halogens is 2. The first-order valence-corrected chi connectivity index (χ1v) is 8.99. The molecule has 2 aromatic carbocycles. The molecule has 0 unspecified atom stereocenters. The van der Waals surface area contributed by atoms with Gasteiger partial charge in [0, 0.05) is 11.6 Å². The lowest BCUT2D eigenvalue weighted by atomic mass is 10.1. The van der Waals surface area contributed by atoms with Crippen molar-refractivity contribution in [3.8, 4) is 0 Å². The van der Waals surface area contributed by atoms with E-state index in [0.717, 1.165) is 23.0 Å². The van der Waals surface area contributed by atoms with Crippen LogP contribution < -0.4 is 4.90 Å². The molecule has 0 atom stereocenters. The van der Waals surface area contributed by atoms with Gasteiger partial charge in [-0.3, -0.25) is 9.69 Å². The molecule has 7 heteroatoms. The molecule has 4 nitrogen and oxygen atoms in total. The molecular formula is C20H14F2N2O2S. The number of carbonyl (C=O) groups excluding carboxylic acids is 1. The van der Waals surface area contributed by atoms with Gasteiger partial charge in [0.05, 0.1) is 17.5 Å². The maximum Gasteiger partial charge on any atom is 0.260 e. The Balaban J connectivity index is 1.79. The van der Waals surface area contributed by atoms with Crippen LogP contribution in [0.15, 0.2) is 59.2 Å². The Kier molecular flexibility index (Phi) is 4.45. The topological polar surface area (TPSA) is 46.3 Å². The number of aromatic nitrogens is 1. The minimum Gasteiger partial charge on any atom is -0.467 e. The number of benzene rings is 2. The predicted molar refractivity (Wildman–Crippen MR) is 99.9 cm³/mol. The van der Waals surface area contributed by atoms with Crippen LogP contribution in [0.25, 0.3) is 10.2 Å². The van der Waals surface area contributed by atoms with E-state index in [4.69, 9.17) is 4.42 Å². The van der Waals surface area contributed by atoms with E-state index in [1.54, 1.807) is 24.3 Å². The molecule has 0 bridgehead atoms. The number of hydrogen-bond acceptors (Lipinski definition) is 4. The van der Waals surface area contributed by atoms with E-state index in [2.05, 4.69) is 4.98 Å². The number of amides is 1. The maximum atomic E-state index is 14.1. The van der Waals surface area contributed by atoms with E-state index < -0.39 is 11.6 Å². The van der Waals surface area contributed by atoms with Gasteiger partial charge in [-0.1, -0.05) is 29.0 Å². The number of furan rings is 1. The monoisotopic (exact) mass is 384 g/mol. The first-order chi connectivity index (χ1) is 13.0. The number of fused-ring (bicyclic) bond motifs is 1. The number of nitrogens with zero attached hydrogens (tertiary/aromatic N) is 2. The fourth-order valence-corrected chi connectivity index (χ4v) is 3.70. The van der Waals surface area contributed by atoms with Gasteiger partial charge in [-0.2, -0.15) is 0 Å². The third-order valence-electron chi connectivity index (χ3n) is 4.07. The van der Waals surface area contributed by atoms with Crippen LogP contribution in [0.1, 0.15) is 21.7 Å². The predicted octanol–water partition coefficient (Wildman–Crippen LogP) is 5.32. The summed E-state index contributed by atoms with van der Waals surface area (Å²) < 4.78 is 33.3. The normalized spacial score (nSPS) is 11.1. The summed E-state index contributed by atoms with van der Waals surface area (Å²) in [5.41, 5.74) is 1.54. The van der Waals surface area contributed by atoms with Gasteiger partial charge in [0.25, 0.3) is 5.91 Å². The minimum atomic E-state index is -0.756. The zero-order chi connectivity index (χ0) is 19.0. The third-order valence-corrected chi connectivity index (χ3v) is 5.10. The summed E-state index contributed by atoms with van der Waals surface area (Å²) in [5, 5.41) is 0.275. The van der Waals surface area contributed by atoms with Gasteiger partial charge in [0.15, 0.2) is 10.9 Å². The smallest absolute Gasteiger partial charge is 0.260 e. The van der Waals surface area contributed by atoms with Crippen molar-refractivity contribution in [2.75, 3.05) is 4.90 Å². The molecule has 0 aliphatic rings. The van der Waals surface area contributed by atoms with Crippen LogP contribution in [-0.4, -0.2) is 10.9 Å². The maximum absolute atomic E-state index is 14.1. The third kappa shape index (κ3) is 3.46. The number of aryl methyl sites for hydroxylation is 1. The first-order valence-electron chi connectivity index (χ1n) is 8.18. The average Bonchev–Trinajstić information content (AvgIpc) is 3.29. The van der Waals surface area contributed by atoms with Crippen LogP contribution in [0, 0.1) is 18.6 Å². The van der Waals surface area contributed by atoms with Crippen molar-refractivity contribution in [1.29, 1.82) is 0 Å². The SMILES string of the molecule is Cc1ccc(C(=O)N(Cc2ccco2)c2nc3c(F)cc(F)cc3s2)cc1. The highest BCUT2D eigenvalue weighted by Crippen LogP contribution is 2.32. The van der Waals surface area contributed by atoms with Crippen molar-refractivity contribution in [3.05, 3.63) is 83.3 Å². The van der Waals surface area contributed by atoms with Gasteiger partial charge >= 0.3 is 0 Å². The van der Waals surface area contributed by atoms with Gasteiger partial charge in [-0.15, -0.1) is 0 Å². The summed E-state index contributed by atoms with van der Waals surface area (Å²) in [6.45, 7) is 2.06. The fraction of sp³-hybridized carbons (Fsp3) is 0.100. The van der Waals surface area contributed by atoms with Crippen LogP contribution in [0.3, 0.4) is 0 Å². The van der Waals surface area contributed by atoms with Gasteiger partial charge < -0.3 is 4.42 Å². The lowest BCUT2D eigenvalue weighted by Crippen LogP contribution is -2.30. The molecule has 0 radical (unpaired) electrons. The molecule has 0 spiro atoms. The molecule has 0 saturated carbocycles. The second-order valence-electron chi connectivity index (χ2n) is 6.07. The van der Waals surface area contributed by atoms with E-state index in [1.165, 1.54) is 17.2 Å².